The topological polar surface area (TPSA) is 9.23 Å². The van der Waals surface area contributed by atoms with Gasteiger partial charge >= 0.3 is 0 Å². The number of methoxy groups -OCH3 is 1. The minimum Gasteiger partial charge on any atom is -0.381 e. The van der Waals surface area contributed by atoms with Crippen molar-refractivity contribution in [2.45, 2.75) is 122 Å². The van der Waals surface area contributed by atoms with Crippen LogP contribution >= 0.6 is 0 Å². The van der Waals surface area contributed by atoms with Crippen LogP contribution in [0.2, 0.25) is 16.6 Å². The van der Waals surface area contributed by atoms with E-state index in [1.807, 2.05) is 12.7 Å². The SMILES string of the molecule is COC1CC[C@@]2(C)C(=CC[C@H]3[C@@H]4CC[C@H]([C@H](C)CCCC(C)C)[C@@]4(C)CC[Si@@H]32)C1. The predicted molar refractivity (Wildman–Crippen MR) is 128 cm³/mol. The third kappa shape index (κ3) is 3.84. The van der Waals surface area contributed by atoms with Crippen molar-refractivity contribution in [2.75, 3.05) is 7.11 Å². The van der Waals surface area contributed by atoms with Crippen LogP contribution in [0.4, 0.5) is 0 Å². The van der Waals surface area contributed by atoms with E-state index >= 15 is 0 Å². The maximum atomic E-state index is 5.77. The Labute approximate surface area is 183 Å². The van der Waals surface area contributed by atoms with Gasteiger partial charge in [0.1, 0.15) is 0 Å². The maximum Gasteiger partial charge on any atom is 0.0608 e. The smallest absolute Gasteiger partial charge is 0.0608 e. The first kappa shape index (κ1) is 22.1. The lowest BCUT2D eigenvalue weighted by Crippen LogP contribution is -2.51. The van der Waals surface area contributed by atoms with Crippen molar-refractivity contribution in [3.63, 3.8) is 0 Å². The van der Waals surface area contributed by atoms with Crippen LogP contribution < -0.4 is 0 Å². The summed E-state index contributed by atoms with van der Waals surface area (Å²) >= 11 is 0. The standard InChI is InChI=1S/C27H48OSi/c1-19(2)8-7-9-20(3)23-11-12-24-25-13-10-21-18-22(28-6)14-15-27(21,5)29(25)17-16-26(23,24)4/h10,19-20,22-25,29H,7-9,11-18H2,1-6H3/t20-,22?,23-,24+,25+,26-,27+,29+/m1/s1. The van der Waals surface area contributed by atoms with E-state index < -0.39 is 8.80 Å². The number of hydrogen-bond acceptors (Lipinski definition) is 1. The van der Waals surface area contributed by atoms with Crippen LogP contribution in [-0.4, -0.2) is 22.0 Å². The van der Waals surface area contributed by atoms with Gasteiger partial charge in [0.25, 0.3) is 0 Å². The monoisotopic (exact) mass is 416 g/mol. The Morgan fingerprint density at radius 2 is 1.90 bits per heavy atom. The van der Waals surface area contributed by atoms with E-state index in [9.17, 15) is 0 Å². The highest BCUT2D eigenvalue weighted by Gasteiger charge is 2.59. The molecule has 8 atom stereocenters. The highest BCUT2D eigenvalue weighted by Crippen LogP contribution is 2.68. The molecule has 1 nitrogen and oxygen atoms in total. The molecule has 0 bridgehead atoms. The van der Waals surface area contributed by atoms with Crippen LogP contribution in [-0.2, 0) is 4.74 Å². The molecule has 0 N–H and O–H groups in total. The van der Waals surface area contributed by atoms with Crippen LogP contribution in [0.1, 0.15) is 98.8 Å². The Balaban J connectivity index is 1.48. The summed E-state index contributed by atoms with van der Waals surface area (Å²) in [5, 5.41) is 0.611. The second-order valence-electron chi connectivity index (χ2n) is 12.4. The molecule has 0 aromatic carbocycles. The van der Waals surface area contributed by atoms with Crippen molar-refractivity contribution in [3.05, 3.63) is 11.6 Å². The number of ether oxygens (including phenoxy) is 1. The van der Waals surface area contributed by atoms with Gasteiger partial charge in [0, 0.05) is 7.11 Å². The first-order valence-corrected chi connectivity index (χ1v) is 15.1. The van der Waals surface area contributed by atoms with Crippen molar-refractivity contribution < 1.29 is 4.74 Å². The molecule has 1 saturated heterocycles. The van der Waals surface area contributed by atoms with Crippen molar-refractivity contribution in [3.8, 4) is 0 Å². The molecule has 2 aliphatic heterocycles. The van der Waals surface area contributed by atoms with E-state index in [0.29, 0.717) is 16.6 Å². The summed E-state index contributed by atoms with van der Waals surface area (Å²) in [5.74, 6) is 3.84. The average molecular weight is 417 g/mol. The summed E-state index contributed by atoms with van der Waals surface area (Å²) in [6, 6.07) is 1.62. The van der Waals surface area contributed by atoms with Gasteiger partial charge in [-0.3, -0.25) is 0 Å². The summed E-state index contributed by atoms with van der Waals surface area (Å²) in [6.45, 7) is 12.8. The number of allylic oxidation sites excluding steroid dienone is 1. The summed E-state index contributed by atoms with van der Waals surface area (Å²) < 4.78 is 5.77. The second-order valence-corrected chi connectivity index (χ2v) is 16.3. The molecule has 0 radical (unpaired) electrons. The van der Waals surface area contributed by atoms with Gasteiger partial charge in [0.2, 0.25) is 0 Å². The van der Waals surface area contributed by atoms with Crippen LogP contribution in [0.25, 0.3) is 0 Å². The quantitative estimate of drug-likeness (QED) is 0.317. The molecular formula is C27H48OSi. The Kier molecular flexibility index (Phi) is 6.45. The van der Waals surface area contributed by atoms with Crippen LogP contribution in [0.5, 0.6) is 0 Å². The predicted octanol–water partition coefficient (Wildman–Crippen LogP) is 7.77. The summed E-state index contributed by atoms with van der Waals surface area (Å²) in [6.07, 6.45) is 17.6. The van der Waals surface area contributed by atoms with Gasteiger partial charge in [-0.05, 0) is 84.6 Å². The van der Waals surface area contributed by atoms with Gasteiger partial charge in [-0.2, -0.15) is 0 Å². The Bertz CT molecular complexity index is 612. The Morgan fingerprint density at radius 3 is 2.62 bits per heavy atom. The maximum absolute atomic E-state index is 5.77. The van der Waals surface area contributed by atoms with Crippen molar-refractivity contribution in [2.24, 2.45) is 29.1 Å². The first-order valence-electron chi connectivity index (χ1n) is 13.0. The van der Waals surface area contributed by atoms with E-state index in [4.69, 9.17) is 4.74 Å². The fourth-order valence-electron chi connectivity index (χ4n) is 8.85. The number of hydrogen-bond donors (Lipinski definition) is 0. The molecule has 166 valence electrons. The van der Waals surface area contributed by atoms with Crippen molar-refractivity contribution >= 4 is 8.80 Å². The van der Waals surface area contributed by atoms with Crippen molar-refractivity contribution in [1.82, 2.24) is 0 Å². The third-order valence-electron chi connectivity index (χ3n) is 10.6. The molecule has 0 amide bonds. The van der Waals surface area contributed by atoms with Gasteiger partial charge in [0.05, 0.1) is 14.9 Å². The molecule has 1 unspecified atom stereocenters. The van der Waals surface area contributed by atoms with E-state index in [2.05, 4.69) is 40.7 Å². The molecule has 0 aromatic rings. The molecule has 0 aromatic heterocycles. The van der Waals surface area contributed by atoms with E-state index in [1.54, 1.807) is 18.9 Å². The number of fused-ring (bicyclic) bond motifs is 5. The van der Waals surface area contributed by atoms with E-state index in [0.717, 1.165) is 29.2 Å². The van der Waals surface area contributed by atoms with Gasteiger partial charge in [-0.25, -0.2) is 0 Å². The fourth-order valence-corrected chi connectivity index (χ4v) is 14.7. The zero-order valence-corrected chi connectivity index (χ0v) is 21.5. The molecule has 2 heteroatoms. The normalized spacial score (nSPS) is 45.3. The van der Waals surface area contributed by atoms with E-state index in [-0.39, 0.29) is 0 Å². The van der Waals surface area contributed by atoms with E-state index in [1.165, 1.54) is 51.4 Å². The fraction of sp³-hybridized carbons (Fsp3) is 0.926. The molecule has 4 aliphatic rings. The summed E-state index contributed by atoms with van der Waals surface area (Å²) in [4.78, 5) is 0. The summed E-state index contributed by atoms with van der Waals surface area (Å²) in [5.41, 5.74) is 3.56. The minimum absolute atomic E-state index is 0.497. The largest absolute Gasteiger partial charge is 0.381 e. The van der Waals surface area contributed by atoms with Gasteiger partial charge in [-0.15, -0.1) is 0 Å². The lowest BCUT2D eigenvalue weighted by atomic mass is 9.65. The first-order chi connectivity index (χ1) is 13.8. The number of rotatable bonds is 6. The van der Waals surface area contributed by atoms with Crippen LogP contribution in [0.15, 0.2) is 11.6 Å². The molecular weight excluding hydrogens is 368 g/mol. The molecule has 4 rings (SSSR count). The Morgan fingerprint density at radius 1 is 1.10 bits per heavy atom. The zero-order valence-electron chi connectivity index (χ0n) is 20.3. The molecule has 2 heterocycles. The zero-order chi connectivity index (χ0) is 20.8. The third-order valence-corrected chi connectivity index (χ3v) is 15.6. The highest BCUT2D eigenvalue weighted by atomic mass is 28.3. The molecule has 2 saturated carbocycles. The highest BCUT2D eigenvalue weighted by molar-refractivity contribution is 6.65. The van der Waals surface area contributed by atoms with Crippen LogP contribution in [0, 0.1) is 29.1 Å². The van der Waals surface area contributed by atoms with Crippen molar-refractivity contribution in [1.29, 1.82) is 0 Å². The summed E-state index contributed by atoms with van der Waals surface area (Å²) in [7, 11) is 1.16. The lowest BCUT2D eigenvalue weighted by Gasteiger charge is -2.58. The molecule has 2 aliphatic carbocycles. The molecule has 29 heavy (non-hydrogen) atoms. The van der Waals surface area contributed by atoms with Gasteiger partial charge in [0.15, 0.2) is 0 Å². The minimum atomic E-state index is -0.762. The lowest BCUT2D eigenvalue weighted by molar-refractivity contribution is 0.0714. The molecule has 0 spiro atoms. The van der Waals surface area contributed by atoms with Crippen LogP contribution in [0.3, 0.4) is 0 Å². The molecule has 3 fully saturated rings. The second kappa shape index (κ2) is 8.45. The van der Waals surface area contributed by atoms with Gasteiger partial charge in [-0.1, -0.05) is 71.6 Å². The Hall–Kier alpha value is -0.0831. The van der Waals surface area contributed by atoms with Gasteiger partial charge < -0.3 is 4.74 Å². The average Bonchev–Trinajstić information content (AvgIpc) is 3.04.